The number of ether oxygens (including phenoxy) is 3. The summed E-state index contributed by atoms with van der Waals surface area (Å²) in [5.41, 5.74) is 3.20. The molecule has 7 nitrogen and oxygen atoms in total. The number of fused-ring (bicyclic) bond motifs is 1. The minimum absolute atomic E-state index is 0.126. The van der Waals surface area contributed by atoms with E-state index in [1.165, 1.54) is 21.3 Å². The fraction of sp³-hybridized carbons (Fsp3) is 0.273. The van der Waals surface area contributed by atoms with E-state index in [4.69, 9.17) is 14.2 Å². The van der Waals surface area contributed by atoms with Crippen molar-refractivity contribution < 1.29 is 28.9 Å². The standard InChI is InChI=1S/C22H23NO6/c1-13-6-5-7-16-20(13)23(12-19(24)25)11-15(21(16)26)8-14-9-17(27-2)22(29-4)18(10-14)28-3/h5-10H,11-12H2,1-4H3,(H,24,25)/b15-8+. The summed E-state index contributed by atoms with van der Waals surface area (Å²) in [6, 6.07) is 8.88. The van der Waals surface area contributed by atoms with Crippen LogP contribution in [0.4, 0.5) is 5.69 Å². The monoisotopic (exact) mass is 397 g/mol. The lowest BCUT2D eigenvalue weighted by molar-refractivity contribution is -0.135. The average Bonchev–Trinajstić information content (AvgIpc) is 2.70. The highest BCUT2D eigenvalue weighted by Crippen LogP contribution is 2.39. The second-order valence-corrected chi connectivity index (χ2v) is 6.68. The summed E-state index contributed by atoms with van der Waals surface area (Å²) in [7, 11) is 4.56. The van der Waals surface area contributed by atoms with E-state index in [1.807, 2.05) is 13.0 Å². The fourth-order valence-corrected chi connectivity index (χ4v) is 3.59. The van der Waals surface area contributed by atoms with Crippen molar-refractivity contribution in [2.75, 3.05) is 39.3 Å². The number of hydrogen-bond donors (Lipinski definition) is 1. The number of anilines is 1. The zero-order valence-electron chi connectivity index (χ0n) is 16.8. The largest absolute Gasteiger partial charge is 0.493 e. The quantitative estimate of drug-likeness (QED) is 0.749. The highest BCUT2D eigenvalue weighted by molar-refractivity contribution is 6.17. The lowest BCUT2D eigenvalue weighted by Gasteiger charge is -2.32. The Labute approximate surface area is 169 Å². The maximum Gasteiger partial charge on any atom is 0.323 e. The van der Waals surface area contributed by atoms with Gasteiger partial charge in [-0.2, -0.15) is 0 Å². The number of Topliss-reactive ketones (excluding diaryl/α,β-unsaturated/α-hetero) is 1. The van der Waals surface area contributed by atoms with Gasteiger partial charge in [0, 0.05) is 17.7 Å². The minimum Gasteiger partial charge on any atom is -0.493 e. The molecule has 2 aromatic rings. The van der Waals surface area contributed by atoms with Crippen LogP contribution >= 0.6 is 0 Å². The number of rotatable bonds is 6. The average molecular weight is 397 g/mol. The molecule has 1 aliphatic heterocycles. The first-order valence-electron chi connectivity index (χ1n) is 9.01. The molecule has 0 atom stereocenters. The van der Waals surface area contributed by atoms with Crippen molar-refractivity contribution in [3.63, 3.8) is 0 Å². The summed E-state index contributed by atoms with van der Waals surface area (Å²) in [6.45, 7) is 1.87. The molecule has 0 unspecified atom stereocenters. The molecule has 29 heavy (non-hydrogen) atoms. The van der Waals surface area contributed by atoms with Gasteiger partial charge in [0.05, 0.1) is 27.0 Å². The van der Waals surface area contributed by atoms with Crippen molar-refractivity contribution in [1.29, 1.82) is 0 Å². The molecule has 0 bridgehead atoms. The van der Waals surface area contributed by atoms with Gasteiger partial charge in [0.1, 0.15) is 6.54 Å². The van der Waals surface area contributed by atoms with Gasteiger partial charge in [-0.3, -0.25) is 9.59 Å². The van der Waals surface area contributed by atoms with Gasteiger partial charge in [-0.15, -0.1) is 0 Å². The van der Waals surface area contributed by atoms with Crippen LogP contribution in [0, 0.1) is 6.92 Å². The van der Waals surface area contributed by atoms with Crippen LogP contribution < -0.4 is 19.1 Å². The van der Waals surface area contributed by atoms with Gasteiger partial charge in [0.15, 0.2) is 17.3 Å². The Hall–Kier alpha value is -3.48. The van der Waals surface area contributed by atoms with E-state index in [0.29, 0.717) is 39.6 Å². The topological polar surface area (TPSA) is 85.3 Å². The van der Waals surface area contributed by atoms with Gasteiger partial charge in [0.25, 0.3) is 0 Å². The maximum absolute atomic E-state index is 13.1. The second kappa shape index (κ2) is 8.26. The predicted octanol–water partition coefficient (Wildman–Crippen LogP) is 3.19. The van der Waals surface area contributed by atoms with E-state index in [9.17, 15) is 14.7 Å². The van der Waals surface area contributed by atoms with Crippen LogP contribution in [0.5, 0.6) is 17.2 Å². The van der Waals surface area contributed by atoms with E-state index in [0.717, 1.165) is 5.56 Å². The van der Waals surface area contributed by atoms with Crippen molar-refractivity contribution in [3.8, 4) is 17.2 Å². The number of nitrogens with zero attached hydrogens (tertiary/aromatic N) is 1. The van der Waals surface area contributed by atoms with Gasteiger partial charge >= 0.3 is 5.97 Å². The van der Waals surface area contributed by atoms with Crippen molar-refractivity contribution >= 4 is 23.5 Å². The molecule has 0 aliphatic carbocycles. The Bertz CT molecular complexity index is 970. The summed E-state index contributed by atoms with van der Waals surface area (Å²) in [6.07, 6.45) is 1.73. The maximum atomic E-state index is 13.1. The van der Waals surface area contributed by atoms with Gasteiger partial charge in [-0.1, -0.05) is 12.1 Å². The highest BCUT2D eigenvalue weighted by atomic mass is 16.5. The van der Waals surface area contributed by atoms with Crippen molar-refractivity contribution in [1.82, 2.24) is 0 Å². The molecule has 1 heterocycles. The molecule has 0 aromatic heterocycles. The van der Waals surface area contributed by atoms with E-state index >= 15 is 0 Å². The van der Waals surface area contributed by atoms with E-state index in [-0.39, 0.29) is 18.9 Å². The van der Waals surface area contributed by atoms with Crippen LogP contribution in [0.3, 0.4) is 0 Å². The number of aryl methyl sites for hydroxylation is 1. The molecule has 0 fully saturated rings. The van der Waals surface area contributed by atoms with Crippen molar-refractivity contribution in [2.24, 2.45) is 0 Å². The Morgan fingerprint density at radius 2 is 1.79 bits per heavy atom. The van der Waals surface area contributed by atoms with Gasteiger partial charge in [-0.05, 0) is 42.3 Å². The fourth-order valence-electron chi connectivity index (χ4n) is 3.59. The molecule has 0 radical (unpaired) electrons. The zero-order valence-corrected chi connectivity index (χ0v) is 16.8. The Kier molecular flexibility index (Phi) is 5.77. The van der Waals surface area contributed by atoms with Crippen molar-refractivity contribution in [3.05, 3.63) is 52.6 Å². The predicted molar refractivity (Wildman–Crippen MR) is 109 cm³/mol. The molecule has 1 aliphatic rings. The first-order valence-corrected chi connectivity index (χ1v) is 9.01. The normalized spacial score (nSPS) is 14.6. The molecule has 7 heteroatoms. The second-order valence-electron chi connectivity index (χ2n) is 6.68. The van der Waals surface area contributed by atoms with Gasteiger partial charge in [0.2, 0.25) is 5.75 Å². The molecule has 152 valence electrons. The number of methoxy groups -OCH3 is 3. The Balaban J connectivity index is 2.10. The molecule has 3 rings (SSSR count). The number of carboxylic acid groups (broad SMARTS) is 1. The number of aliphatic carboxylic acids is 1. The van der Waals surface area contributed by atoms with Crippen LogP contribution in [-0.2, 0) is 4.79 Å². The zero-order chi connectivity index (χ0) is 21.1. The molecule has 0 spiro atoms. The van der Waals surface area contributed by atoms with Crippen LogP contribution in [0.15, 0.2) is 35.9 Å². The molecular formula is C22H23NO6. The summed E-state index contributed by atoms with van der Waals surface area (Å²) in [4.78, 5) is 26.2. The van der Waals surface area contributed by atoms with Crippen LogP contribution in [0.1, 0.15) is 21.5 Å². The Morgan fingerprint density at radius 1 is 1.14 bits per heavy atom. The summed E-state index contributed by atoms with van der Waals surface area (Å²) >= 11 is 0. The first kappa shape index (κ1) is 20.3. The molecule has 2 aromatic carbocycles. The SMILES string of the molecule is COc1cc(/C=C2\CN(CC(=O)O)c3c(C)cccc3C2=O)cc(OC)c1OC. The highest BCUT2D eigenvalue weighted by Gasteiger charge is 2.29. The summed E-state index contributed by atoms with van der Waals surface area (Å²) in [5, 5.41) is 9.33. The number of hydrogen-bond acceptors (Lipinski definition) is 6. The third-order valence-electron chi connectivity index (χ3n) is 4.81. The van der Waals surface area contributed by atoms with Crippen LogP contribution in [0.25, 0.3) is 6.08 Å². The van der Waals surface area contributed by atoms with Crippen LogP contribution in [0.2, 0.25) is 0 Å². The summed E-state index contributed by atoms with van der Waals surface area (Å²) in [5.74, 6) is 0.321. The minimum atomic E-state index is -0.958. The van der Waals surface area contributed by atoms with Gasteiger partial charge < -0.3 is 24.2 Å². The lowest BCUT2D eigenvalue weighted by Crippen LogP contribution is -2.38. The molecule has 0 saturated carbocycles. The van der Waals surface area contributed by atoms with E-state index in [1.54, 1.807) is 35.2 Å². The molecule has 1 N–H and O–H groups in total. The number of carboxylic acids is 1. The Morgan fingerprint density at radius 3 is 2.34 bits per heavy atom. The van der Waals surface area contributed by atoms with E-state index in [2.05, 4.69) is 0 Å². The first-order chi connectivity index (χ1) is 13.9. The van der Waals surface area contributed by atoms with Crippen LogP contribution in [-0.4, -0.2) is 51.3 Å². The number of carbonyl (C=O) groups is 2. The third-order valence-corrected chi connectivity index (χ3v) is 4.81. The third kappa shape index (κ3) is 3.89. The number of benzene rings is 2. The number of carbonyl (C=O) groups excluding carboxylic acids is 1. The molecule has 0 saturated heterocycles. The molecule has 0 amide bonds. The van der Waals surface area contributed by atoms with E-state index < -0.39 is 5.97 Å². The lowest BCUT2D eigenvalue weighted by atomic mass is 9.92. The summed E-state index contributed by atoms with van der Waals surface area (Å²) < 4.78 is 16.1. The van der Waals surface area contributed by atoms with Gasteiger partial charge in [-0.25, -0.2) is 0 Å². The number of para-hydroxylation sites is 1. The molecular weight excluding hydrogens is 374 g/mol. The number of ketones is 1. The smallest absolute Gasteiger partial charge is 0.323 e. The van der Waals surface area contributed by atoms with Crippen molar-refractivity contribution in [2.45, 2.75) is 6.92 Å².